The molecule has 11 nitrogen and oxygen atoms in total. The van der Waals surface area contributed by atoms with E-state index in [1.165, 1.54) is 0 Å². The summed E-state index contributed by atoms with van der Waals surface area (Å²) in [7, 11) is -2.31. The third-order valence-electron chi connectivity index (χ3n) is 10.4. The first-order chi connectivity index (χ1) is 26.1. The molecule has 2 aliphatic rings. The molecule has 13 heteroatoms. The molecular weight excluding hydrogens is 721 g/mol. The molecule has 1 saturated heterocycles. The van der Waals surface area contributed by atoms with Gasteiger partial charge in [0.2, 0.25) is 15.9 Å². The van der Waals surface area contributed by atoms with E-state index in [4.69, 9.17) is 9.72 Å². The molecule has 2 heterocycles. The Kier molecular flexibility index (Phi) is 13.3. The molecule has 1 aliphatic carbocycles. The molecular formula is C41H52N6O5S2. The fourth-order valence-electron chi connectivity index (χ4n) is 7.32. The first kappa shape index (κ1) is 39.2. The van der Waals surface area contributed by atoms with Crippen LogP contribution in [0.5, 0.6) is 5.75 Å². The van der Waals surface area contributed by atoms with Gasteiger partial charge in [0.15, 0.2) is 5.13 Å². The van der Waals surface area contributed by atoms with Gasteiger partial charge < -0.3 is 20.3 Å². The molecule has 2 amide bonds. The zero-order chi connectivity index (χ0) is 38.0. The summed E-state index contributed by atoms with van der Waals surface area (Å²) in [4.78, 5) is 37.8. The summed E-state index contributed by atoms with van der Waals surface area (Å²) >= 11 is 1.64. The number of thiazole rings is 1. The number of carbonyl (C=O) groups excluding carboxylic acids is 2. The van der Waals surface area contributed by atoms with E-state index in [9.17, 15) is 18.0 Å². The molecule has 3 aromatic carbocycles. The normalized spacial score (nSPS) is 16.7. The fourth-order valence-corrected chi connectivity index (χ4v) is 9.57. The molecule has 1 atom stereocenters. The molecule has 1 aliphatic heterocycles. The van der Waals surface area contributed by atoms with Crippen LogP contribution in [0.3, 0.4) is 0 Å². The van der Waals surface area contributed by atoms with Crippen molar-refractivity contribution in [2.24, 2.45) is 0 Å². The highest BCUT2D eigenvalue weighted by Gasteiger charge is 2.42. The van der Waals surface area contributed by atoms with Crippen molar-refractivity contribution in [3.63, 3.8) is 0 Å². The molecule has 288 valence electrons. The second-order valence-corrected chi connectivity index (χ2v) is 16.9. The van der Waals surface area contributed by atoms with E-state index in [1.807, 2.05) is 42.5 Å². The minimum atomic E-state index is -3.86. The fraction of sp³-hybridized carbons (Fsp3) is 0.439. The average molecular weight is 773 g/mol. The zero-order valence-electron chi connectivity index (χ0n) is 31.3. The van der Waals surface area contributed by atoms with Crippen molar-refractivity contribution in [1.82, 2.24) is 20.5 Å². The molecule has 1 unspecified atom stereocenters. The number of benzene rings is 3. The van der Waals surface area contributed by atoms with E-state index in [1.54, 1.807) is 54.8 Å². The van der Waals surface area contributed by atoms with Gasteiger partial charge in [-0.05, 0) is 80.6 Å². The second kappa shape index (κ2) is 18.2. The Balaban J connectivity index is 1.13. The van der Waals surface area contributed by atoms with Gasteiger partial charge in [-0.25, -0.2) is 13.4 Å². The number of methoxy groups -OCH3 is 1. The Morgan fingerprint density at radius 2 is 1.63 bits per heavy atom. The van der Waals surface area contributed by atoms with Crippen LogP contribution in [0.15, 0.2) is 84.2 Å². The van der Waals surface area contributed by atoms with Crippen LogP contribution < -0.4 is 25.0 Å². The van der Waals surface area contributed by atoms with Crippen molar-refractivity contribution < 1.29 is 22.7 Å². The van der Waals surface area contributed by atoms with Gasteiger partial charge >= 0.3 is 0 Å². The predicted octanol–water partition coefficient (Wildman–Crippen LogP) is 6.34. The highest BCUT2D eigenvalue weighted by molar-refractivity contribution is 7.92. The molecule has 1 saturated carbocycles. The number of aromatic nitrogens is 1. The molecule has 0 bridgehead atoms. The molecule has 0 radical (unpaired) electrons. The minimum absolute atomic E-state index is 0.323. The first-order valence-corrected chi connectivity index (χ1v) is 21.5. The number of sulfonamides is 1. The van der Waals surface area contributed by atoms with Crippen molar-refractivity contribution in [2.75, 3.05) is 55.2 Å². The van der Waals surface area contributed by atoms with Gasteiger partial charge in [0.05, 0.1) is 18.6 Å². The minimum Gasteiger partial charge on any atom is -0.497 e. The number of nitrogens with zero attached hydrogens (tertiary/aromatic N) is 3. The summed E-state index contributed by atoms with van der Waals surface area (Å²) in [5.41, 5.74) is 2.54. The number of ether oxygens (including phenoxy) is 1. The van der Waals surface area contributed by atoms with E-state index in [0.29, 0.717) is 42.7 Å². The lowest BCUT2D eigenvalue weighted by atomic mass is 9.80. The maximum Gasteiger partial charge on any atom is 0.252 e. The number of carbonyl (C=O) groups is 2. The molecule has 54 heavy (non-hydrogen) atoms. The summed E-state index contributed by atoms with van der Waals surface area (Å²) in [6.45, 7) is 7.36. The number of aryl methyl sites for hydroxylation is 1. The Morgan fingerprint density at radius 1 is 0.926 bits per heavy atom. The first-order valence-electron chi connectivity index (χ1n) is 19.0. The molecule has 1 aromatic heterocycles. The summed E-state index contributed by atoms with van der Waals surface area (Å²) in [6.07, 6.45) is 5.59. The van der Waals surface area contributed by atoms with Crippen molar-refractivity contribution in [3.05, 3.63) is 95.4 Å². The van der Waals surface area contributed by atoms with Crippen LogP contribution >= 0.6 is 11.3 Å². The topological polar surface area (TPSA) is 133 Å². The lowest BCUT2D eigenvalue weighted by Gasteiger charge is -2.38. The Morgan fingerprint density at radius 3 is 2.30 bits per heavy atom. The Bertz CT molecular complexity index is 1920. The molecule has 0 spiro atoms. The van der Waals surface area contributed by atoms with E-state index in [0.717, 1.165) is 80.4 Å². The average Bonchev–Trinajstić information content (AvgIpc) is 3.69. The maximum atomic E-state index is 14.3. The molecule has 6 rings (SSSR count). The number of anilines is 2. The van der Waals surface area contributed by atoms with Gasteiger partial charge in [-0.1, -0.05) is 68.7 Å². The third kappa shape index (κ3) is 10.4. The maximum absolute atomic E-state index is 14.3. The van der Waals surface area contributed by atoms with Crippen LogP contribution in [0.1, 0.15) is 67.8 Å². The predicted molar refractivity (Wildman–Crippen MR) is 217 cm³/mol. The third-order valence-corrected chi connectivity index (χ3v) is 12.6. The van der Waals surface area contributed by atoms with Gasteiger partial charge in [0.25, 0.3) is 5.91 Å². The lowest BCUT2D eigenvalue weighted by Crippen LogP contribution is -2.61. The molecule has 4 aromatic rings. The SMILES string of the molecule is CCCN1CCN(c2nc(-c3ccc(C(=O)NC4(C(=O)NC(CCc5ccccc5)CS(=O)(=O)Nc5ccc(OC)cc5)CCCCC4)cc3)cs2)CC1. The number of piperazine rings is 1. The molecule has 3 N–H and O–H groups in total. The highest BCUT2D eigenvalue weighted by atomic mass is 32.2. The molecule has 2 fully saturated rings. The number of hydrogen-bond donors (Lipinski definition) is 3. The standard InChI is InChI=1S/C41H52N6O5S2/c1-3-24-46-25-27-47(28-26-46)40-43-37(29-53-40)32-13-15-33(16-14-32)38(48)44-41(22-8-5-9-23-41)39(49)42-35(17-12-31-10-6-4-7-11-31)30-54(50,51)45-34-18-20-36(52-2)21-19-34/h4,6-7,10-11,13-16,18-21,29,35,45H,3,5,8-9,12,17,22-28,30H2,1-2H3,(H,42,49)(H,44,48). The Labute approximate surface area is 323 Å². The quantitative estimate of drug-likeness (QED) is 0.120. The number of amides is 2. The van der Waals surface area contributed by atoms with Crippen LogP contribution in [0.25, 0.3) is 11.3 Å². The van der Waals surface area contributed by atoms with Crippen LogP contribution in [-0.2, 0) is 21.2 Å². The second-order valence-electron chi connectivity index (χ2n) is 14.3. The number of rotatable bonds is 16. The largest absolute Gasteiger partial charge is 0.497 e. The highest BCUT2D eigenvalue weighted by Crippen LogP contribution is 2.31. The number of hydrogen-bond acceptors (Lipinski definition) is 9. The van der Waals surface area contributed by atoms with Crippen molar-refractivity contribution in [2.45, 2.75) is 69.9 Å². The summed E-state index contributed by atoms with van der Waals surface area (Å²) in [5.74, 6) is -0.397. The lowest BCUT2D eigenvalue weighted by molar-refractivity contribution is -0.129. The van der Waals surface area contributed by atoms with Crippen LogP contribution in [0.2, 0.25) is 0 Å². The van der Waals surface area contributed by atoms with Crippen LogP contribution in [-0.4, -0.2) is 87.3 Å². The van der Waals surface area contributed by atoms with E-state index < -0.39 is 21.6 Å². The van der Waals surface area contributed by atoms with Crippen molar-refractivity contribution in [1.29, 1.82) is 0 Å². The Hall–Kier alpha value is -4.46. The zero-order valence-corrected chi connectivity index (χ0v) is 32.9. The number of nitrogens with one attached hydrogen (secondary N) is 3. The van der Waals surface area contributed by atoms with Crippen LogP contribution in [0, 0.1) is 0 Å². The van der Waals surface area contributed by atoms with Gasteiger partial charge in [0.1, 0.15) is 11.3 Å². The van der Waals surface area contributed by atoms with Crippen molar-refractivity contribution in [3.8, 4) is 17.0 Å². The van der Waals surface area contributed by atoms with Gasteiger partial charge in [-0.15, -0.1) is 11.3 Å². The smallest absolute Gasteiger partial charge is 0.252 e. The van der Waals surface area contributed by atoms with E-state index in [2.05, 4.69) is 37.5 Å². The van der Waals surface area contributed by atoms with Crippen molar-refractivity contribution >= 4 is 44.0 Å². The van der Waals surface area contributed by atoms with Gasteiger partial charge in [-0.2, -0.15) is 0 Å². The van der Waals surface area contributed by atoms with Gasteiger partial charge in [-0.3, -0.25) is 19.2 Å². The summed E-state index contributed by atoms with van der Waals surface area (Å²) < 4.78 is 34.7. The summed E-state index contributed by atoms with van der Waals surface area (Å²) in [6, 6.07) is 23.1. The monoisotopic (exact) mass is 772 g/mol. The van der Waals surface area contributed by atoms with E-state index >= 15 is 0 Å². The summed E-state index contributed by atoms with van der Waals surface area (Å²) in [5, 5.41) is 9.26. The van der Waals surface area contributed by atoms with Crippen LogP contribution in [0.4, 0.5) is 10.8 Å². The van der Waals surface area contributed by atoms with E-state index in [-0.39, 0.29) is 17.6 Å². The van der Waals surface area contributed by atoms with Gasteiger partial charge in [0, 0.05) is 54.4 Å².